The van der Waals surface area contributed by atoms with Crippen LogP contribution in [0.5, 0.6) is 5.75 Å². The number of hydrogen-bond donors (Lipinski definition) is 3. The molecule has 0 bridgehead atoms. The molecule has 7 nitrogen and oxygen atoms in total. The molecule has 0 radical (unpaired) electrons. The van der Waals surface area contributed by atoms with Crippen LogP contribution in [0.25, 0.3) is 0 Å². The van der Waals surface area contributed by atoms with Gasteiger partial charge in [0.1, 0.15) is 11.8 Å². The largest absolute Gasteiger partial charge is 0.508 e. The summed E-state index contributed by atoms with van der Waals surface area (Å²) in [6, 6.07) is 14.0. The number of carbonyl (C=O) groups excluding carboxylic acids is 1. The zero-order valence-corrected chi connectivity index (χ0v) is 17.8. The summed E-state index contributed by atoms with van der Waals surface area (Å²) in [6.45, 7) is 5.87. The molecule has 2 aromatic carbocycles. The number of aryl methyl sites for hydroxylation is 1. The lowest BCUT2D eigenvalue weighted by Crippen LogP contribution is -2.31. The fourth-order valence-electron chi connectivity index (χ4n) is 3.54. The Kier molecular flexibility index (Phi) is 5.50. The normalized spacial score (nSPS) is 15.5. The Morgan fingerprint density at radius 3 is 2.77 bits per heavy atom. The third-order valence-electron chi connectivity index (χ3n) is 4.81. The number of nitrogens with zero attached hydrogens (tertiary/aromatic N) is 3. The van der Waals surface area contributed by atoms with Crippen LogP contribution in [0.15, 0.2) is 65.0 Å². The topological polar surface area (TPSA) is 92.1 Å². The van der Waals surface area contributed by atoms with Crippen molar-refractivity contribution in [2.24, 2.45) is 0 Å². The summed E-state index contributed by atoms with van der Waals surface area (Å²) in [5.74, 6) is 1.31. The van der Waals surface area contributed by atoms with Crippen molar-refractivity contribution in [1.82, 2.24) is 14.8 Å². The van der Waals surface area contributed by atoms with Crippen LogP contribution in [0.1, 0.15) is 31.0 Å². The number of aromatic nitrogens is 3. The zero-order valence-electron chi connectivity index (χ0n) is 17.0. The van der Waals surface area contributed by atoms with Crippen LogP contribution < -0.4 is 10.6 Å². The molecule has 4 rings (SSSR count). The van der Waals surface area contributed by atoms with Crippen LogP contribution in [0, 0.1) is 6.92 Å². The second-order valence-corrected chi connectivity index (χ2v) is 8.31. The van der Waals surface area contributed by atoms with Crippen LogP contribution in [-0.2, 0) is 4.79 Å². The molecule has 1 aromatic heterocycles. The van der Waals surface area contributed by atoms with Crippen LogP contribution in [0.2, 0.25) is 0 Å². The summed E-state index contributed by atoms with van der Waals surface area (Å²) in [7, 11) is 0. The molecular weight excluding hydrogens is 398 g/mol. The van der Waals surface area contributed by atoms with Gasteiger partial charge < -0.3 is 15.7 Å². The fourth-order valence-corrected chi connectivity index (χ4v) is 4.09. The number of phenolic OH excluding ortho intramolecular Hbond substituents is 1. The molecule has 8 heteroatoms. The van der Waals surface area contributed by atoms with Gasteiger partial charge in [-0.05, 0) is 55.0 Å². The number of thioether (sulfide) groups is 1. The first kappa shape index (κ1) is 20.0. The molecule has 2 heterocycles. The van der Waals surface area contributed by atoms with E-state index in [1.807, 2.05) is 51.1 Å². The van der Waals surface area contributed by atoms with E-state index in [1.165, 1.54) is 11.8 Å². The Bertz CT molecular complexity index is 1140. The average Bonchev–Trinajstić information content (AvgIpc) is 3.09. The van der Waals surface area contributed by atoms with Crippen molar-refractivity contribution in [3.8, 4) is 5.75 Å². The quantitative estimate of drug-likeness (QED) is 0.531. The molecule has 0 aliphatic carbocycles. The monoisotopic (exact) mass is 421 g/mol. The number of nitrogens with one attached hydrogen (secondary N) is 2. The first-order valence-electron chi connectivity index (χ1n) is 9.70. The second kappa shape index (κ2) is 8.23. The number of aromatic hydroxyl groups is 1. The second-order valence-electron chi connectivity index (χ2n) is 7.08. The molecule has 3 aromatic rings. The van der Waals surface area contributed by atoms with E-state index in [4.69, 9.17) is 0 Å². The van der Waals surface area contributed by atoms with E-state index in [2.05, 4.69) is 20.7 Å². The molecule has 30 heavy (non-hydrogen) atoms. The van der Waals surface area contributed by atoms with E-state index in [1.54, 1.807) is 22.9 Å². The van der Waals surface area contributed by atoms with E-state index in [0.29, 0.717) is 22.4 Å². The number of rotatable bonds is 5. The third kappa shape index (κ3) is 3.91. The molecule has 0 spiro atoms. The van der Waals surface area contributed by atoms with Crippen LogP contribution in [0.3, 0.4) is 0 Å². The minimum absolute atomic E-state index is 0.131. The average molecular weight is 422 g/mol. The maximum atomic E-state index is 13.4. The molecule has 0 fully saturated rings. The molecule has 1 aliphatic heterocycles. The number of carbonyl (C=O) groups is 1. The van der Waals surface area contributed by atoms with Crippen molar-refractivity contribution in [3.63, 3.8) is 0 Å². The number of hydrogen-bond acceptors (Lipinski definition) is 6. The first-order valence-corrected chi connectivity index (χ1v) is 10.7. The van der Waals surface area contributed by atoms with Crippen LogP contribution in [-0.4, -0.2) is 31.5 Å². The number of fused-ring (bicyclic) bond motifs is 1. The number of benzene rings is 2. The molecule has 1 amide bonds. The van der Waals surface area contributed by atoms with E-state index in [9.17, 15) is 9.90 Å². The Morgan fingerprint density at radius 1 is 1.23 bits per heavy atom. The summed E-state index contributed by atoms with van der Waals surface area (Å²) < 4.78 is 1.71. The summed E-state index contributed by atoms with van der Waals surface area (Å²) in [6.07, 6.45) is 0. The van der Waals surface area contributed by atoms with Gasteiger partial charge in [0.2, 0.25) is 11.1 Å². The van der Waals surface area contributed by atoms with E-state index >= 15 is 0 Å². The van der Waals surface area contributed by atoms with Crippen molar-refractivity contribution in [2.45, 2.75) is 32.0 Å². The lowest BCUT2D eigenvalue weighted by atomic mass is 9.95. The van der Waals surface area contributed by atoms with Gasteiger partial charge in [0, 0.05) is 11.4 Å². The van der Waals surface area contributed by atoms with Gasteiger partial charge in [0.05, 0.1) is 5.57 Å². The highest BCUT2D eigenvalue weighted by Crippen LogP contribution is 2.37. The maximum absolute atomic E-state index is 13.4. The Hall–Kier alpha value is -3.26. The maximum Gasteiger partial charge on any atom is 0.255 e. The zero-order chi connectivity index (χ0) is 21.3. The molecular formula is C22H23N5O2S. The minimum Gasteiger partial charge on any atom is -0.508 e. The highest BCUT2D eigenvalue weighted by molar-refractivity contribution is 7.99. The summed E-state index contributed by atoms with van der Waals surface area (Å²) in [5.41, 5.74) is 3.75. The molecule has 0 saturated heterocycles. The van der Waals surface area contributed by atoms with Gasteiger partial charge in [-0.25, -0.2) is 4.68 Å². The number of allylic oxidation sites excluding steroid dienone is 1. The predicted octanol–water partition coefficient (Wildman–Crippen LogP) is 4.33. The van der Waals surface area contributed by atoms with Gasteiger partial charge in [-0.2, -0.15) is 4.98 Å². The Labute approximate surface area is 179 Å². The standard InChI is InChI=1S/C22H23N5O2S/c1-4-30-22-25-21-23-14(3)18(20(29)24-16-9-5-7-13(2)11-16)19(27(21)26-22)15-8-6-10-17(28)12-15/h5-12,19,28H,4H2,1-3H3,(H,24,29)(H,23,25,26). The van der Waals surface area contributed by atoms with Crippen molar-refractivity contribution < 1.29 is 9.90 Å². The van der Waals surface area contributed by atoms with Crippen molar-refractivity contribution >= 4 is 29.3 Å². The lowest BCUT2D eigenvalue weighted by molar-refractivity contribution is -0.113. The molecule has 0 saturated carbocycles. The highest BCUT2D eigenvalue weighted by atomic mass is 32.2. The SMILES string of the molecule is CCSc1nc2n(n1)C(c1cccc(O)c1)C(C(=O)Nc1cccc(C)c1)=C(C)N2. The van der Waals surface area contributed by atoms with Crippen molar-refractivity contribution in [3.05, 3.63) is 70.9 Å². The summed E-state index contributed by atoms with van der Waals surface area (Å²) in [5, 5.41) is 21.5. The smallest absolute Gasteiger partial charge is 0.255 e. The molecule has 154 valence electrons. The number of amides is 1. The van der Waals surface area contributed by atoms with Gasteiger partial charge in [0.25, 0.3) is 5.91 Å². The van der Waals surface area contributed by atoms with Crippen LogP contribution >= 0.6 is 11.8 Å². The lowest BCUT2D eigenvalue weighted by Gasteiger charge is -2.28. The predicted molar refractivity (Wildman–Crippen MR) is 119 cm³/mol. The highest BCUT2D eigenvalue weighted by Gasteiger charge is 2.34. The van der Waals surface area contributed by atoms with Gasteiger partial charge in [0.15, 0.2) is 0 Å². The van der Waals surface area contributed by atoms with Crippen molar-refractivity contribution in [1.29, 1.82) is 0 Å². The van der Waals surface area contributed by atoms with Gasteiger partial charge >= 0.3 is 0 Å². The van der Waals surface area contributed by atoms with Gasteiger partial charge in [-0.15, -0.1) is 5.10 Å². The van der Waals surface area contributed by atoms with Crippen LogP contribution in [0.4, 0.5) is 11.6 Å². The summed E-state index contributed by atoms with van der Waals surface area (Å²) in [4.78, 5) is 17.9. The molecule has 1 unspecified atom stereocenters. The fraction of sp³-hybridized carbons (Fsp3) is 0.227. The van der Waals surface area contributed by atoms with Gasteiger partial charge in [-0.3, -0.25) is 4.79 Å². The minimum atomic E-state index is -0.517. The van der Waals surface area contributed by atoms with E-state index in [0.717, 1.165) is 22.6 Å². The van der Waals surface area contributed by atoms with Crippen molar-refractivity contribution in [2.75, 3.05) is 16.4 Å². The third-order valence-corrected chi connectivity index (χ3v) is 5.53. The Morgan fingerprint density at radius 2 is 2.03 bits per heavy atom. The number of anilines is 2. The van der Waals surface area contributed by atoms with Gasteiger partial charge in [-0.1, -0.05) is 43.0 Å². The molecule has 3 N–H and O–H groups in total. The first-order chi connectivity index (χ1) is 14.5. The Balaban J connectivity index is 1.78. The molecule has 1 aliphatic rings. The summed E-state index contributed by atoms with van der Waals surface area (Å²) >= 11 is 1.53. The van der Waals surface area contributed by atoms with E-state index in [-0.39, 0.29) is 11.7 Å². The molecule has 1 atom stereocenters. The number of phenols is 1. The van der Waals surface area contributed by atoms with E-state index < -0.39 is 6.04 Å².